The fourth-order valence-electron chi connectivity index (χ4n) is 1.90. The standard InChI is InChI=1S/C10H15N.C9H12/c1-2-3-9-11-10-7-5-4-6-8-10;1-2-6-9-7-4-3-5-8-9/h4-8,11H,2-3,9H2,1H3;3-5,7-8H,2,6H2,1H3. The smallest absolute Gasteiger partial charge is 0.0340 e. The molecule has 2 rings (SSSR count). The minimum atomic E-state index is 1.08. The third kappa shape index (κ3) is 7.63. The maximum atomic E-state index is 3.35. The Morgan fingerprint density at radius 1 is 0.750 bits per heavy atom. The van der Waals surface area contributed by atoms with Gasteiger partial charge in [0, 0.05) is 12.2 Å². The van der Waals surface area contributed by atoms with Crippen molar-refractivity contribution in [3.05, 3.63) is 66.2 Å². The Hall–Kier alpha value is -1.76. The Morgan fingerprint density at radius 3 is 1.90 bits per heavy atom. The van der Waals surface area contributed by atoms with Gasteiger partial charge in [0.1, 0.15) is 0 Å². The molecule has 0 unspecified atom stereocenters. The molecule has 1 nitrogen and oxygen atoms in total. The van der Waals surface area contributed by atoms with Crippen molar-refractivity contribution in [2.75, 3.05) is 11.9 Å². The van der Waals surface area contributed by atoms with Crippen LogP contribution < -0.4 is 5.32 Å². The average molecular weight is 269 g/mol. The highest BCUT2D eigenvalue weighted by Crippen LogP contribution is 2.04. The lowest BCUT2D eigenvalue weighted by atomic mass is 10.1. The van der Waals surface area contributed by atoms with Crippen molar-refractivity contribution >= 4 is 5.69 Å². The van der Waals surface area contributed by atoms with Gasteiger partial charge < -0.3 is 5.32 Å². The van der Waals surface area contributed by atoms with Crippen LogP contribution >= 0.6 is 0 Å². The van der Waals surface area contributed by atoms with E-state index in [0.29, 0.717) is 0 Å². The van der Waals surface area contributed by atoms with Gasteiger partial charge in [-0.15, -0.1) is 0 Å². The number of hydrogen-bond donors (Lipinski definition) is 1. The fourth-order valence-corrected chi connectivity index (χ4v) is 1.90. The molecule has 0 radical (unpaired) electrons. The maximum absolute atomic E-state index is 3.35. The van der Waals surface area contributed by atoms with Crippen LogP contribution in [0, 0.1) is 0 Å². The van der Waals surface area contributed by atoms with Crippen molar-refractivity contribution in [3.63, 3.8) is 0 Å². The summed E-state index contributed by atoms with van der Waals surface area (Å²) in [5.41, 5.74) is 2.67. The van der Waals surface area contributed by atoms with Crippen LogP contribution in [0.4, 0.5) is 5.69 Å². The highest BCUT2D eigenvalue weighted by atomic mass is 14.9. The molecule has 0 saturated carbocycles. The fraction of sp³-hybridized carbons (Fsp3) is 0.368. The molecule has 0 spiro atoms. The quantitative estimate of drug-likeness (QED) is 0.679. The molecule has 0 amide bonds. The van der Waals surface area contributed by atoms with Gasteiger partial charge in [0.2, 0.25) is 0 Å². The van der Waals surface area contributed by atoms with E-state index in [1.807, 2.05) is 18.2 Å². The molecule has 0 atom stereocenters. The first-order valence-corrected chi connectivity index (χ1v) is 7.69. The largest absolute Gasteiger partial charge is 0.385 e. The van der Waals surface area contributed by atoms with Gasteiger partial charge in [-0.1, -0.05) is 75.2 Å². The molecule has 0 saturated heterocycles. The van der Waals surface area contributed by atoms with Gasteiger partial charge >= 0.3 is 0 Å². The lowest BCUT2D eigenvalue weighted by molar-refractivity contribution is 0.834. The van der Waals surface area contributed by atoms with Gasteiger partial charge in [-0.25, -0.2) is 0 Å². The topological polar surface area (TPSA) is 12.0 Å². The monoisotopic (exact) mass is 269 g/mol. The van der Waals surface area contributed by atoms with E-state index in [0.717, 1.165) is 6.54 Å². The molecule has 0 fully saturated rings. The van der Waals surface area contributed by atoms with Crippen LogP contribution in [0.15, 0.2) is 60.7 Å². The normalized spacial score (nSPS) is 9.50. The Kier molecular flexibility index (Phi) is 9.04. The molecule has 1 N–H and O–H groups in total. The molecule has 0 heterocycles. The summed E-state index contributed by atoms with van der Waals surface area (Å²) in [5, 5.41) is 3.35. The molecule has 108 valence electrons. The molecular formula is C19H27N. The molecule has 0 bridgehead atoms. The van der Waals surface area contributed by atoms with Crippen molar-refractivity contribution in [2.24, 2.45) is 0 Å². The Morgan fingerprint density at radius 2 is 1.35 bits per heavy atom. The second-order valence-electron chi connectivity index (χ2n) is 4.88. The zero-order valence-corrected chi connectivity index (χ0v) is 12.8. The zero-order chi connectivity index (χ0) is 14.5. The van der Waals surface area contributed by atoms with E-state index >= 15 is 0 Å². The number of unbranched alkanes of at least 4 members (excludes halogenated alkanes) is 1. The highest BCUT2D eigenvalue weighted by Gasteiger charge is 1.86. The molecule has 2 aromatic rings. The third-order valence-corrected chi connectivity index (χ3v) is 3.01. The molecule has 2 aromatic carbocycles. The first-order chi connectivity index (χ1) is 9.86. The molecule has 0 aliphatic carbocycles. The maximum Gasteiger partial charge on any atom is 0.0340 e. The molecular weight excluding hydrogens is 242 g/mol. The molecule has 1 heteroatoms. The molecule has 0 aliphatic rings. The van der Waals surface area contributed by atoms with E-state index in [1.165, 1.54) is 36.9 Å². The Bertz CT molecular complexity index is 422. The lowest BCUT2D eigenvalue weighted by Gasteiger charge is -2.03. The summed E-state index contributed by atoms with van der Waals surface area (Å²) in [5.74, 6) is 0. The number of nitrogens with one attached hydrogen (secondary N) is 1. The Labute approximate surface area is 124 Å². The number of aryl methyl sites for hydroxylation is 1. The van der Waals surface area contributed by atoms with Crippen LogP contribution in [0.2, 0.25) is 0 Å². The second-order valence-corrected chi connectivity index (χ2v) is 4.88. The summed E-state index contributed by atoms with van der Waals surface area (Å²) >= 11 is 0. The van der Waals surface area contributed by atoms with E-state index in [1.54, 1.807) is 0 Å². The lowest BCUT2D eigenvalue weighted by Crippen LogP contribution is -1.99. The van der Waals surface area contributed by atoms with E-state index in [-0.39, 0.29) is 0 Å². The van der Waals surface area contributed by atoms with Gasteiger partial charge in [-0.2, -0.15) is 0 Å². The highest BCUT2D eigenvalue weighted by molar-refractivity contribution is 5.42. The number of benzene rings is 2. The van der Waals surface area contributed by atoms with Gasteiger partial charge in [0.25, 0.3) is 0 Å². The number of rotatable bonds is 6. The summed E-state index contributed by atoms with van der Waals surface area (Å²) in [7, 11) is 0. The van der Waals surface area contributed by atoms with Gasteiger partial charge in [-0.05, 0) is 30.5 Å². The van der Waals surface area contributed by atoms with Crippen molar-refractivity contribution in [1.82, 2.24) is 0 Å². The summed E-state index contributed by atoms with van der Waals surface area (Å²) in [6.45, 7) is 5.49. The Balaban J connectivity index is 0.000000204. The minimum Gasteiger partial charge on any atom is -0.385 e. The molecule has 20 heavy (non-hydrogen) atoms. The van der Waals surface area contributed by atoms with Crippen LogP contribution in [0.1, 0.15) is 38.7 Å². The van der Waals surface area contributed by atoms with Crippen LogP contribution in [0.3, 0.4) is 0 Å². The predicted molar refractivity (Wildman–Crippen MR) is 90.3 cm³/mol. The number of anilines is 1. The van der Waals surface area contributed by atoms with Gasteiger partial charge in [-0.3, -0.25) is 0 Å². The van der Waals surface area contributed by atoms with Crippen LogP contribution in [0.5, 0.6) is 0 Å². The number of para-hydroxylation sites is 1. The van der Waals surface area contributed by atoms with Gasteiger partial charge in [0.05, 0.1) is 0 Å². The minimum absolute atomic E-state index is 1.08. The molecule has 0 aliphatic heterocycles. The van der Waals surface area contributed by atoms with E-state index in [4.69, 9.17) is 0 Å². The van der Waals surface area contributed by atoms with Crippen molar-refractivity contribution in [3.8, 4) is 0 Å². The predicted octanol–water partition coefficient (Wildman–Crippen LogP) is 5.54. The zero-order valence-electron chi connectivity index (χ0n) is 12.8. The second kappa shape index (κ2) is 11.1. The van der Waals surface area contributed by atoms with E-state index in [9.17, 15) is 0 Å². The van der Waals surface area contributed by atoms with Crippen LogP contribution in [-0.4, -0.2) is 6.54 Å². The summed E-state index contributed by atoms with van der Waals surface area (Å²) < 4.78 is 0. The first-order valence-electron chi connectivity index (χ1n) is 7.69. The van der Waals surface area contributed by atoms with Crippen molar-refractivity contribution in [2.45, 2.75) is 39.5 Å². The summed E-state index contributed by atoms with van der Waals surface area (Å²) in [6, 6.07) is 20.9. The number of hydrogen-bond acceptors (Lipinski definition) is 1. The van der Waals surface area contributed by atoms with Crippen LogP contribution in [0.25, 0.3) is 0 Å². The average Bonchev–Trinajstić information content (AvgIpc) is 2.51. The summed E-state index contributed by atoms with van der Waals surface area (Å²) in [4.78, 5) is 0. The van der Waals surface area contributed by atoms with E-state index < -0.39 is 0 Å². The van der Waals surface area contributed by atoms with Gasteiger partial charge in [0.15, 0.2) is 0 Å². The third-order valence-electron chi connectivity index (χ3n) is 3.01. The van der Waals surface area contributed by atoms with Crippen molar-refractivity contribution in [1.29, 1.82) is 0 Å². The molecule has 0 aromatic heterocycles. The van der Waals surface area contributed by atoms with Crippen molar-refractivity contribution < 1.29 is 0 Å². The van der Waals surface area contributed by atoms with Crippen LogP contribution in [-0.2, 0) is 6.42 Å². The summed E-state index contributed by atoms with van der Waals surface area (Å²) in [6.07, 6.45) is 4.94. The first kappa shape index (κ1) is 16.3. The SMILES string of the molecule is CCCCNc1ccccc1.CCCc1ccccc1. The van der Waals surface area contributed by atoms with E-state index in [2.05, 4.69) is 61.6 Å².